The molecule has 1 heterocycles. The Labute approximate surface area is 83.6 Å². The van der Waals surface area contributed by atoms with Crippen LogP contribution in [0.2, 0.25) is 0 Å². The Balaban J connectivity index is 2.25. The second-order valence-electron chi connectivity index (χ2n) is 3.06. The zero-order chi connectivity index (χ0) is 10.2. The van der Waals surface area contributed by atoms with E-state index in [2.05, 4.69) is 5.10 Å². The van der Waals surface area contributed by atoms with Crippen molar-refractivity contribution in [3.63, 3.8) is 0 Å². The topological polar surface area (TPSA) is 61.5 Å². The van der Waals surface area contributed by atoms with Crippen molar-refractivity contribution >= 4 is 0 Å². The van der Waals surface area contributed by atoms with Gasteiger partial charge in [-0.1, -0.05) is 0 Å². The number of aliphatic hydroxyl groups is 2. The van der Waals surface area contributed by atoms with Crippen LogP contribution in [0.25, 0.3) is 0 Å². The molecular formula is C9H17N3O2. The van der Waals surface area contributed by atoms with Gasteiger partial charge < -0.3 is 10.2 Å². The maximum atomic E-state index is 8.77. The molecule has 1 aromatic heterocycles. The summed E-state index contributed by atoms with van der Waals surface area (Å²) >= 11 is 0. The second-order valence-corrected chi connectivity index (χ2v) is 3.06. The van der Waals surface area contributed by atoms with Crippen LogP contribution in [0, 0.1) is 0 Å². The standard InChI is InChI=1S/C9H17N3O2/c13-8-6-11(7-9-14)4-5-12-3-1-2-10-12/h1-3,13-14H,4-9H2. The van der Waals surface area contributed by atoms with Crippen LogP contribution >= 0.6 is 0 Å². The van der Waals surface area contributed by atoms with Crippen molar-refractivity contribution in [2.24, 2.45) is 0 Å². The molecule has 0 aliphatic heterocycles. The Morgan fingerprint density at radius 1 is 1.14 bits per heavy atom. The predicted molar refractivity (Wildman–Crippen MR) is 52.8 cm³/mol. The maximum Gasteiger partial charge on any atom is 0.0558 e. The molecule has 5 heteroatoms. The van der Waals surface area contributed by atoms with Gasteiger partial charge in [0.1, 0.15) is 0 Å². The fourth-order valence-corrected chi connectivity index (χ4v) is 1.29. The highest BCUT2D eigenvalue weighted by molar-refractivity contribution is 4.77. The third-order valence-corrected chi connectivity index (χ3v) is 2.04. The molecule has 0 spiro atoms. The normalized spacial score (nSPS) is 11.1. The van der Waals surface area contributed by atoms with Gasteiger partial charge in [-0.3, -0.25) is 9.58 Å². The maximum absolute atomic E-state index is 8.77. The van der Waals surface area contributed by atoms with E-state index in [0.29, 0.717) is 13.1 Å². The number of rotatable bonds is 7. The van der Waals surface area contributed by atoms with Crippen molar-refractivity contribution in [1.29, 1.82) is 0 Å². The molecule has 0 saturated carbocycles. The van der Waals surface area contributed by atoms with Gasteiger partial charge in [0.15, 0.2) is 0 Å². The zero-order valence-corrected chi connectivity index (χ0v) is 8.21. The minimum atomic E-state index is 0.124. The third-order valence-electron chi connectivity index (χ3n) is 2.04. The van der Waals surface area contributed by atoms with Crippen molar-refractivity contribution in [2.75, 3.05) is 32.8 Å². The highest BCUT2D eigenvalue weighted by Crippen LogP contribution is 1.90. The van der Waals surface area contributed by atoms with E-state index in [-0.39, 0.29) is 13.2 Å². The Hall–Kier alpha value is -0.910. The van der Waals surface area contributed by atoms with Crippen LogP contribution in [-0.2, 0) is 6.54 Å². The summed E-state index contributed by atoms with van der Waals surface area (Å²) in [5, 5.41) is 21.6. The Morgan fingerprint density at radius 3 is 2.36 bits per heavy atom. The van der Waals surface area contributed by atoms with E-state index in [0.717, 1.165) is 13.1 Å². The molecule has 0 bridgehead atoms. The Morgan fingerprint density at radius 2 is 1.86 bits per heavy atom. The highest BCUT2D eigenvalue weighted by Gasteiger charge is 2.02. The number of hydrogen-bond donors (Lipinski definition) is 2. The highest BCUT2D eigenvalue weighted by atomic mass is 16.3. The van der Waals surface area contributed by atoms with Gasteiger partial charge in [-0.15, -0.1) is 0 Å². The molecule has 0 radical (unpaired) electrons. The van der Waals surface area contributed by atoms with E-state index in [1.165, 1.54) is 0 Å². The summed E-state index contributed by atoms with van der Waals surface area (Å²) in [6.45, 7) is 3.03. The molecule has 1 rings (SSSR count). The monoisotopic (exact) mass is 199 g/mol. The zero-order valence-electron chi connectivity index (χ0n) is 8.21. The van der Waals surface area contributed by atoms with Gasteiger partial charge in [0.05, 0.1) is 19.8 Å². The molecule has 0 fully saturated rings. The van der Waals surface area contributed by atoms with Gasteiger partial charge in [-0.2, -0.15) is 5.10 Å². The van der Waals surface area contributed by atoms with Gasteiger partial charge in [0.2, 0.25) is 0 Å². The molecule has 0 unspecified atom stereocenters. The summed E-state index contributed by atoms with van der Waals surface area (Å²) in [4.78, 5) is 2.00. The Bertz CT molecular complexity index is 220. The third kappa shape index (κ3) is 3.87. The lowest BCUT2D eigenvalue weighted by Crippen LogP contribution is -2.32. The average molecular weight is 199 g/mol. The second kappa shape index (κ2) is 6.53. The lowest BCUT2D eigenvalue weighted by Gasteiger charge is -2.19. The van der Waals surface area contributed by atoms with Crippen LogP contribution in [0.4, 0.5) is 0 Å². The van der Waals surface area contributed by atoms with E-state index < -0.39 is 0 Å². The largest absolute Gasteiger partial charge is 0.395 e. The van der Waals surface area contributed by atoms with Crippen LogP contribution in [-0.4, -0.2) is 57.7 Å². The first kappa shape index (κ1) is 11.2. The molecule has 5 nitrogen and oxygen atoms in total. The predicted octanol–water partition coefficient (Wildman–Crippen LogP) is -0.830. The van der Waals surface area contributed by atoms with E-state index in [4.69, 9.17) is 10.2 Å². The summed E-state index contributed by atoms with van der Waals surface area (Å²) in [6.07, 6.45) is 3.64. The van der Waals surface area contributed by atoms with Crippen molar-refractivity contribution in [2.45, 2.75) is 6.54 Å². The van der Waals surface area contributed by atoms with Gasteiger partial charge in [-0.05, 0) is 6.07 Å². The minimum absolute atomic E-state index is 0.124. The average Bonchev–Trinajstić information content (AvgIpc) is 2.67. The summed E-state index contributed by atoms with van der Waals surface area (Å²) in [7, 11) is 0. The van der Waals surface area contributed by atoms with E-state index in [1.807, 2.05) is 21.8 Å². The van der Waals surface area contributed by atoms with Crippen LogP contribution in [0.5, 0.6) is 0 Å². The van der Waals surface area contributed by atoms with Crippen LogP contribution in [0.15, 0.2) is 18.5 Å². The molecular weight excluding hydrogens is 182 g/mol. The molecule has 0 aliphatic carbocycles. The van der Waals surface area contributed by atoms with E-state index in [9.17, 15) is 0 Å². The molecule has 0 atom stereocenters. The molecule has 1 aromatic rings. The van der Waals surface area contributed by atoms with E-state index in [1.54, 1.807) is 6.20 Å². The van der Waals surface area contributed by atoms with Crippen molar-refractivity contribution in [3.05, 3.63) is 18.5 Å². The fraction of sp³-hybridized carbons (Fsp3) is 0.667. The number of nitrogens with zero attached hydrogens (tertiary/aromatic N) is 3. The molecule has 2 N–H and O–H groups in total. The van der Waals surface area contributed by atoms with Crippen molar-refractivity contribution < 1.29 is 10.2 Å². The van der Waals surface area contributed by atoms with Gasteiger partial charge >= 0.3 is 0 Å². The lowest BCUT2D eigenvalue weighted by molar-refractivity contribution is 0.156. The number of hydrogen-bond acceptors (Lipinski definition) is 4. The van der Waals surface area contributed by atoms with Crippen LogP contribution in [0.1, 0.15) is 0 Å². The molecule has 0 amide bonds. The number of aromatic nitrogens is 2. The first-order valence-corrected chi connectivity index (χ1v) is 4.78. The molecule has 0 aromatic carbocycles. The minimum Gasteiger partial charge on any atom is -0.395 e. The van der Waals surface area contributed by atoms with Gasteiger partial charge in [0, 0.05) is 32.0 Å². The summed E-state index contributed by atoms with van der Waals surface area (Å²) in [5.74, 6) is 0. The smallest absolute Gasteiger partial charge is 0.0558 e. The molecule has 80 valence electrons. The SMILES string of the molecule is OCCN(CCO)CCn1cccn1. The summed E-state index contributed by atoms with van der Waals surface area (Å²) < 4.78 is 1.84. The van der Waals surface area contributed by atoms with Crippen molar-refractivity contribution in [3.8, 4) is 0 Å². The van der Waals surface area contributed by atoms with Crippen LogP contribution in [0.3, 0.4) is 0 Å². The summed E-state index contributed by atoms with van der Waals surface area (Å²) in [5.41, 5.74) is 0. The number of aliphatic hydroxyl groups excluding tert-OH is 2. The van der Waals surface area contributed by atoms with E-state index >= 15 is 0 Å². The van der Waals surface area contributed by atoms with Gasteiger partial charge in [0.25, 0.3) is 0 Å². The van der Waals surface area contributed by atoms with Gasteiger partial charge in [-0.25, -0.2) is 0 Å². The molecule has 0 aliphatic rings. The molecule has 0 saturated heterocycles. The first-order chi connectivity index (χ1) is 6.86. The Kier molecular flexibility index (Phi) is 5.21. The summed E-state index contributed by atoms with van der Waals surface area (Å²) in [6, 6.07) is 1.88. The van der Waals surface area contributed by atoms with Crippen LogP contribution < -0.4 is 0 Å². The first-order valence-electron chi connectivity index (χ1n) is 4.78. The lowest BCUT2D eigenvalue weighted by atomic mass is 10.4. The fourth-order valence-electron chi connectivity index (χ4n) is 1.29. The molecule has 14 heavy (non-hydrogen) atoms. The van der Waals surface area contributed by atoms with Crippen molar-refractivity contribution in [1.82, 2.24) is 14.7 Å². The quantitative estimate of drug-likeness (QED) is 0.601.